The molecular weight excluding hydrogens is 446 g/mol. The van der Waals surface area contributed by atoms with Crippen molar-refractivity contribution in [2.45, 2.75) is 32.1 Å². The van der Waals surface area contributed by atoms with Gasteiger partial charge in [0.1, 0.15) is 23.4 Å². The van der Waals surface area contributed by atoms with Gasteiger partial charge in [0.15, 0.2) is 5.76 Å². The van der Waals surface area contributed by atoms with E-state index in [9.17, 15) is 24.2 Å². The molecule has 174 valence electrons. The first-order chi connectivity index (χ1) is 15.2. The summed E-state index contributed by atoms with van der Waals surface area (Å²) in [6, 6.07) is 7.43. The predicted molar refractivity (Wildman–Crippen MR) is 114 cm³/mol. The molecule has 1 aliphatic carbocycles. The van der Waals surface area contributed by atoms with E-state index in [4.69, 9.17) is 21.1 Å². The number of nitrogens with zero attached hydrogens (tertiary/aromatic N) is 4. The van der Waals surface area contributed by atoms with Gasteiger partial charge in [-0.05, 0) is 19.4 Å². The topological polar surface area (TPSA) is 91.9 Å². The Hall–Kier alpha value is -2.90. The van der Waals surface area contributed by atoms with E-state index in [1.807, 2.05) is 6.07 Å². The number of hydrogen-bond donors (Lipinski definition) is 0. The Labute approximate surface area is 190 Å². The molecule has 2 atom stereocenters. The smallest absolute Gasteiger partial charge is 0.387 e. The predicted octanol–water partition coefficient (Wildman–Crippen LogP) is 3.89. The maximum Gasteiger partial charge on any atom is 0.387 e. The standard InChI is InChI=1S/C21H25ClF2N4O4/c1-5-27(6-2)17-16(26(3)4)15(12-25)19(32-20(23)24)21(31-13-22,18(17)28(29)30)14-10-8-7-9-11-14/h7-11,18,20H,5-6,13H2,1-4H3. The van der Waals surface area contributed by atoms with E-state index in [1.54, 1.807) is 51.0 Å². The molecule has 1 aromatic rings. The van der Waals surface area contributed by atoms with Crippen LogP contribution in [0.1, 0.15) is 19.4 Å². The van der Waals surface area contributed by atoms with Crippen LogP contribution in [0.25, 0.3) is 0 Å². The Bertz CT molecular complexity index is 929. The van der Waals surface area contributed by atoms with Gasteiger partial charge in [-0.25, -0.2) is 0 Å². The van der Waals surface area contributed by atoms with Crippen molar-refractivity contribution in [3.8, 4) is 6.07 Å². The second-order valence-electron chi connectivity index (χ2n) is 7.04. The average Bonchev–Trinajstić information content (AvgIpc) is 2.75. The fraction of sp³-hybridized carbons (Fsp3) is 0.476. The van der Waals surface area contributed by atoms with Gasteiger partial charge in [0, 0.05) is 32.1 Å². The van der Waals surface area contributed by atoms with Gasteiger partial charge in [-0.3, -0.25) is 10.1 Å². The maximum absolute atomic E-state index is 13.6. The molecule has 32 heavy (non-hydrogen) atoms. The van der Waals surface area contributed by atoms with E-state index in [-0.39, 0.29) is 22.5 Å². The van der Waals surface area contributed by atoms with Gasteiger partial charge >= 0.3 is 6.61 Å². The number of hydrogen-bond acceptors (Lipinski definition) is 7. The largest absolute Gasteiger partial charge is 0.434 e. The minimum atomic E-state index is -3.36. The number of nitriles is 1. The molecule has 1 aliphatic rings. The van der Waals surface area contributed by atoms with Crippen LogP contribution in [0, 0.1) is 21.4 Å². The first kappa shape index (κ1) is 25.4. The Morgan fingerprint density at radius 1 is 1.28 bits per heavy atom. The van der Waals surface area contributed by atoms with Crippen LogP contribution in [0.4, 0.5) is 8.78 Å². The fourth-order valence-electron chi connectivity index (χ4n) is 4.08. The molecule has 0 fully saturated rings. The lowest BCUT2D eigenvalue weighted by atomic mass is 9.75. The van der Waals surface area contributed by atoms with Crippen LogP contribution < -0.4 is 0 Å². The summed E-state index contributed by atoms with van der Waals surface area (Å²) >= 11 is 5.90. The monoisotopic (exact) mass is 470 g/mol. The highest BCUT2D eigenvalue weighted by atomic mass is 35.5. The lowest BCUT2D eigenvalue weighted by molar-refractivity contribution is -0.540. The lowest BCUT2D eigenvalue weighted by Gasteiger charge is -2.44. The van der Waals surface area contributed by atoms with Crippen LogP contribution in [0.5, 0.6) is 0 Å². The molecule has 0 bridgehead atoms. The second-order valence-corrected chi connectivity index (χ2v) is 7.26. The zero-order valence-corrected chi connectivity index (χ0v) is 19.0. The third-order valence-electron chi connectivity index (χ3n) is 5.25. The van der Waals surface area contributed by atoms with Crippen LogP contribution in [0.15, 0.2) is 53.1 Å². The van der Waals surface area contributed by atoms with Gasteiger partial charge in [0.25, 0.3) is 6.04 Å². The van der Waals surface area contributed by atoms with Crippen molar-refractivity contribution in [3.63, 3.8) is 0 Å². The van der Waals surface area contributed by atoms with Crippen LogP contribution >= 0.6 is 11.6 Å². The van der Waals surface area contributed by atoms with Crippen molar-refractivity contribution in [1.29, 1.82) is 5.26 Å². The summed E-state index contributed by atoms with van der Waals surface area (Å²) in [6.07, 6.45) is 0. The minimum absolute atomic E-state index is 0.110. The van der Waals surface area contributed by atoms with E-state index < -0.39 is 35.0 Å². The minimum Gasteiger partial charge on any atom is -0.434 e. The highest BCUT2D eigenvalue weighted by Crippen LogP contribution is 2.50. The van der Waals surface area contributed by atoms with Gasteiger partial charge in [0.2, 0.25) is 5.60 Å². The van der Waals surface area contributed by atoms with Crippen LogP contribution in [-0.2, 0) is 15.1 Å². The molecule has 0 saturated heterocycles. The third-order valence-corrected chi connectivity index (χ3v) is 5.36. The van der Waals surface area contributed by atoms with Crippen molar-refractivity contribution in [2.24, 2.45) is 0 Å². The maximum atomic E-state index is 13.6. The van der Waals surface area contributed by atoms with Crippen molar-refractivity contribution in [3.05, 3.63) is 68.7 Å². The van der Waals surface area contributed by atoms with E-state index in [0.29, 0.717) is 13.1 Å². The summed E-state index contributed by atoms with van der Waals surface area (Å²) in [4.78, 5) is 15.2. The van der Waals surface area contributed by atoms with Gasteiger partial charge < -0.3 is 19.3 Å². The van der Waals surface area contributed by atoms with Crippen LogP contribution in [0.2, 0.25) is 0 Å². The third kappa shape index (κ3) is 4.36. The summed E-state index contributed by atoms with van der Waals surface area (Å²) in [5.74, 6) is -0.650. The molecule has 11 heteroatoms. The Balaban J connectivity index is 3.15. The molecule has 0 aromatic heterocycles. The van der Waals surface area contributed by atoms with E-state index >= 15 is 0 Å². The number of rotatable bonds is 10. The molecule has 2 unspecified atom stereocenters. The fourth-order valence-corrected chi connectivity index (χ4v) is 4.26. The summed E-state index contributed by atoms with van der Waals surface area (Å²) in [7, 11) is 3.15. The number of ether oxygens (including phenoxy) is 2. The van der Waals surface area contributed by atoms with Gasteiger partial charge in [-0.15, -0.1) is 0 Å². The van der Waals surface area contributed by atoms with Gasteiger partial charge in [-0.1, -0.05) is 41.9 Å². The zero-order valence-electron chi connectivity index (χ0n) is 18.2. The summed E-state index contributed by atoms with van der Waals surface area (Å²) in [5.41, 5.74) is -2.07. The molecule has 1 aromatic carbocycles. The number of alkyl halides is 3. The number of nitro groups is 1. The van der Waals surface area contributed by atoms with Crippen molar-refractivity contribution < 1.29 is 23.2 Å². The molecular formula is C21H25ClF2N4O4. The lowest BCUT2D eigenvalue weighted by Crippen LogP contribution is -2.56. The van der Waals surface area contributed by atoms with Crippen LogP contribution in [0.3, 0.4) is 0 Å². The summed E-state index contributed by atoms with van der Waals surface area (Å²) in [5, 5.41) is 22.7. The van der Waals surface area contributed by atoms with Crippen molar-refractivity contribution in [1.82, 2.24) is 9.80 Å². The number of benzene rings is 1. The molecule has 8 nitrogen and oxygen atoms in total. The second kappa shape index (κ2) is 10.6. The van der Waals surface area contributed by atoms with E-state index in [2.05, 4.69) is 0 Å². The molecule has 0 radical (unpaired) electrons. The summed E-state index contributed by atoms with van der Waals surface area (Å²) in [6.45, 7) is 0.968. The van der Waals surface area contributed by atoms with Gasteiger partial charge in [0.05, 0.1) is 5.70 Å². The van der Waals surface area contributed by atoms with Crippen molar-refractivity contribution in [2.75, 3.05) is 33.3 Å². The highest BCUT2D eigenvalue weighted by molar-refractivity contribution is 6.17. The molecule has 0 amide bonds. The molecule has 2 rings (SSSR count). The SMILES string of the molecule is CCN(CC)C1=C(N(C)C)C(C#N)=C(OC(F)F)C(OCCl)(c2ccccc2)C1[N+](=O)[O-]. The number of allylic oxidation sites excluding steroid dienone is 1. The van der Waals surface area contributed by atoms with E-state index in [1.165, 1.54) is 17.0 Å². The van der Waals surface area contributed by atoms with Crippen molar-refractivity contribution >= 4 is 11.6 Å². The Kier molecular flexibility index (Phi) is 8.41. The summed E-state index contributed by atoms with van der Waals surface area (Å²) < 4.78 is 37.8. The molecule has 0 aliphatic heterocycles. The molecule has 0 N–H and O–H groups in total. The number of halogens is 3. The quantitative estimate of drug-likeness (QED) is 0.291. The first-order valence-corrected chi connectivity index (χ1v) is 10.4. The highest BCUT2D eigenvalue weighted by Gasteiger charge is 2.62. The zero-order chi connectivity index (χ0) is 24.1. The number of likely N-dealkylation sites (N-methyl/N-ethyl adjacent to an activating group) is 2. The first-order valence-electron chi connectivity index (χ1n) is 9.86. The Morgan fingerprint density at radius 3 is 2.28 bits per heavy atom. The van der Waals surface area contributed by atoms with Crippen LogP contribution in [-0.4, -0.2) is 60.6 Å². The average molecular weight is 471 g/mol. The normalized spacial score (nSPS) is 20.9. The molecule has 0 heterocycles. The Morgan fingerprint density at radius 2 is 1.88 bits per heavy atom. The molecule has 0 spiro atoms. The van der Waals surface area contributed by atoms with Gasteiger partial charge in [-0.2, -0.15) is 14.0 Å². The van der Waals surface area contributed by atoms with E-state index in [0.717, 1.165) is 0 Å². The molecule has 0 saturated carbocycles.